The van der Waals surface area contributed by atoms with E-state index in [1.807, 2.05) is 42.5 Å². The first kappa shape index (κ1) is 15.9. The molecule has 0 saturated heterocycles. The average Bonchev–Trinajstić information content (AvgIpc) is 2.54. The summed E-state index contributed by atoms with van der Waals surface area (Å²) in [5.41, 5.74) is 2.13. The maximum atomic E-state index is 9.90. The van der Waals surface area contributed by atoms with Gasteiger partial charge in [-0.1, -0.05) is 30.3 Å². The van der Waals surface area contributed by atoms with Crippen LogP contribution in [0, 0.1) is 0 Å². The number of aliphatic hydroxyl groups excluding tert-OH is 1. The van der Waals surface area contributed by atoms with Gasteiger partial charge in [-0.3, -0.25) is 0 Å². The van der Waals surface area contributed by atoms with Crippen LogP contribution in [0.15, 0.2) is 59.5 Å². The summed E-state index contributed by atoms with van der Waals surface area (Å²) in [5.74, 6) is 0. The Morgan fingerprint density at radius 1 is 1.10 bits per heavy atom. The molecule has 112 valence electrons. The quantitative estimate of drug-likeness (QED) is 0.733. The summed E-state index contributed by atoms with van der Waals surface area (Å²) in [4.78, 5) is 1.23. The molecule has 0 aromatic heterocycles. The lowest BCUT2D eigenvalue weighted by molar-refractivity contribution is 0.0348. The normalized spacial score (nSPS) is 12.1. The van der Waals surface area contributed by atoms with Crippen LogP contribution in [-0.4, -0.2) is 30.6 Å². The molecule has 1 atom stereocenters. The highest BCUT2D eigenvalue weighted by atomic mass is 32.2. The van der Waals surface area contributed by atoms with Gasteiger partial charge in [0.1, 0.15) is 0 Å². The SMILES string of the molecule is CSc1ccc(NCC(O)COCc2ccccc2)cc1. The van der Waals surface area contributed by atoms with Crippen LogP contribution in [0.25, 0.3) is 0 Å². The standard InChI is InChI=1S/C17H21NO2S/c1-21-17-9-7-15(8-10-17)18-11-16(19)13-20-12-14-5-3-2-4-6-14/h2-10,16,18-19H,11-13H2,1H3. The third-order valence-corrected chi connectivity index (χ3v) is 3.80. The van der Waals surface area contributed by atoms with Crippen molar-refractivity contribution in [3.63, 3.8) is 0 Å². The van der Waals surface area contributed by atoms with Gasteiger partial charge in [0.05, 0.1) is 19.3 Å². The molecule has 2 aromatic carbocycles. The maximum Gasteiger partial charge on any atom is 0.0945 e. The van der Waals surface area contributed by atoms with E-state index in [4.69, 9.17) is 4.74 Å². The van der Waals surface area contributed by atoms with Gasteiger partial charge in [-0.2, -0.15) is 0 Å². The fourth-order valence-corrected chi connectivity index (χ4v) is 2.30. The molecule has 21 heavy (non-hydrogen) atoms. The van der Waals surface area contributed by atoms with Crippen LogP contribution < -0.4 is 5.32 Å². The first-order valence-corrected chi connectivity index (χ1v) is 8.18. The second kappa shape index (κ2) is 8.72. The fraction of sp³-hybridized carbons (Fsp3) is 0.294. The fourth-order valence-electron chi connectivity index (χ4n) is 1.89. The molecule has 0 bridgehead atoms. The van der Waals surface area contributed by atoms with Crippen LogP contribution >= 0.6 is 11.8 Å². The highest BCUT2D eigenvalue weighted by molar-refractivity contribution is 7.98. The van der Waals surface area contributed by atoms with E-state index in [1.165, 1.54) is 4.90 Å². The maximum absolute atomic E-state index is 9.90. The van der Waals surface area contributed by atoms with E-state index >= 15 is 0 Å². The van der Waals surface area contributed by atoms with Crippen molar-refractivity contribution in [1.82, 2.24) is 0 Å². The number of hydrogen-bond donors (Lipinski definition) is 2. The summed E-state index contributed by atoms with van der Waals surface area (Å²) in [6.07, 6.45) is 1.53. The van der Waals surface area contributed by atoms with Gasteiger partial charge in [0.25, 0.3) is 0 Å². The predicted octanol–water partition coefficient (Wildman–Crippen LogP) is 3.40. The van der Waals surface area contributed by atoms with Crippen LogP contribution in [0.2, 0.25) is 0 Å². The molecule has 4 heteroatoms. The lowest BCUT2D eigenvalue weighted by Crippen LogP contribution is -2.24. The summed E-state index contributed by atoms with van der Waals surface area (Å²) in [5, 5.41) is 13.1. The summed E-state index contributed by atoms with van der Waals surface area (Å²) < 4.78 is 5.51. The third kappa shape index (κ3) is 5.79. The lowest BCUT2D eigenvalue weighted by Gasteiger charge is -2.13. The topological polar surface area (TPSA) is 41.5 Å². The summed E-state index contributed by atoms with van der Waals surface area (Å²) in [7, 11) is 0. The van der Waals surface area contributed by atoms with Crippen molar-refractivity contribution in [3.05, 3.63) is 60.2 Å². The summed E-state index contributed by atoms with van der Waals surface area (Å²) in [6.45, 7) is 1.33. The number of rotatable bonds is 8. The van der Waals surface area contributed by atoms with Gasteiger partial charge in [0, 0.05) is 17.1 Å². The molecule has 0 radical (unpaired) electrons. The molecule has 0 aliphatic carbocycles. The van der Waals surface area contributed by atoms with Gasteiger partial charge in [-0.05, 0) is 36.1 Å². The first-order chi connectivity index (χ1) is 10.3. The van der Waals surface area contributed by atoms with Crippen LogP contribution in [0.3, 0.4) is 0 Å². The number of aliphatic hydroxyl groups is 1. The summed E-state index contributed by atoms with van der Waals surface area (Å²) >= 11 is 1.71. The average molecular weight is 303 g/mol. The largest absolute Gasteiger partial charge is 0.389 e. The molecule has 3 nitrogen and oxygen atoms in total. The van der Waals surface area contributed by atoms with E-state index < -0.39 is 6.10 Å². The highest BCUT2D eigenvalue weighted by Crippen LogP contribution is 2.17. The highest BCUT2D eigenvalue weighted by Gasteiger charge is 2.04. The molecule has 2 aromatic rings. The van der Waals surface area contributed by atoms with E-state index in [1.54, 1.807) is 11.8 Å². The molecule has 0 saturated carbocycles. The molecular formula is C17H21NO2S. The zero-order valence-electron chi connectivity index (χ0n) is 12.2. The smallest absolute Gasteiger partial charge is 0.0945 e. The molecule has 2 rings (SSSR count). The minimum atomic E-state index is -0.520. The van der Waals surface area contributed by atoms with Gasteiger partial charge in [0.15, 0.2) is 0 Å². The molecule has 0 fully saturated rings. The van der Waals surface area contributed by atoms with E-state index in [0.29, 0.717) is 19.8 Å². The Kier molecular flexibility index (Phi) is 6.60. The number of ether oxygens (including phenoxy) is 1. The molecule has 0 aliphatic rings. The molecule has 0 spiro atoms. The Morgan fingerprint density at radius 3 is 2.48 bits per heavy atom. The third-order valence-electron chi connectivity index (χ3n) is 3.05. The predicted molar refractivity (Wildman–Crippen MR) is 88.8 cm³/mol. The van der Waals surface area contributed by atoms with Crippen molar-refractivity contribution in [2.24, 2.45) is 0 Å². The Bertz CT molecular complexity index is 516. The van der Waals surface area contributed by atoms with Gasteiger partial charge < -0.3 is 15.2 Å². The second-order valence-corrected chi connectivity index (χ2v) is 5.64. The molecule has 0 aliphatic heterocycles. The van der Waals surface area contributed by atoms with Crippen molar-refractivity contribution in [3.8, 4) is 0 Å². The number of benzene rings is 2. The monoisotopic (exact) mass is 303 g/mol. The van der Waals surface area contributed by atoms with Crippen molar-refractivity contribution in [1.29, 1.82) is 0 Å². The van der Waals surface area contributed by atoms with Crippen molar-refractivity contribution in [2.75, 3.05) is 24.7 Å². The minimum Gasteiger partial charge on any atom is -0.389 e. The number of nitrogens with one attached hydrogen (secondary N) is 1. The van der Waals surface area contributed by atoms with Crippen molar-refractivity contribution < 1.29 is 9.84 Å². The van der Waals surface area contributed by atoms with Crippen molar-refractivity contribution in [2.45, 2.75) is 17.6 Å². The van der Waals surface area contributed by atoms with Crippen LogP contribution in [0.4, 0.5) is 5.69 Å². The Labute approximate surface area is 130 Å². The van der Waals surface area contributed by atoms with E-state index in [9.17, 15) is 5.11 Å². The number of anilines is 1. The van der Waals surface area contributed by atoms with Gasteiger partial charge in [-0.25, -0.2) is 0 Å². The second-order valence-electron chi connectivity index (χ2n) is 4.76. The molecule has 1 unspecified atom stereocenters. The van der Waals surface area contributed by atoms with Gasteiger partial charge in [0.2, 0.25) is 0 Å². The van der Waals surface area contributed by atoms with Crippen LogP contribution in [-0.2, 0) is 11.3 Å². The first-order valence-electron chi connectivity index (χ1n) is 6.95. The molecule has 0 heterocycles. The van der Waals surface area contributed by atoms with Gasteiger partial charge in [-0.15, -0.1) is 11.8 Å². The number of thioether (sulfide) groups is 1. The van der Waals surface area contributed by atoms with Crippen LogP contribution in [0.1, 0.15) is 5.56 Å². The molecule has 0 amide bonds. The van der Waals surface area contributed by atoms with Crippen LogP contribution in [0.5, 0.6) is 0 Å². The van der Waals surface area contributed by atoms with Gasteiger partial charge >= 0.3 is 0 Å². The number of hydrogen-bond acceptors (Lipinski definition) is 4. The Balaban J connectivity index is 1.66. The Hall–Kier alpha value is -1.49. The zero-order chi connectivity index (χ0) is 14.9. The Morgan fingerprint density at radius 2 is 1.81 bits per heavy atom. The van der Waals surface area contributed by atoms with E-state index in [0.717, 1.165) is 11.3 Å². The van der Waals surface area contributed by atoms with E-state index in [2.05, 4.69) is 23.7 Å². The lowest BCUT2D eigenvalue weighted by atomic mass is 10.2. The molecule has 2 N–H and O–H groups in total. The zero-order valence-corrected chi connectivity index (χ0v) is 13.0. The summed E-state index contributed by atoms with van der Waals surface area (Å²) in [6, 6.07) is 18.1. The minimum absolute atomic E-state index is 0.324. The van der Waals surface area contributed by atoms with E-state index in [-0.39, 0.29) is 0 Å². The van der Waals surface area contributed by atoms with Crippen molar-refractivity contribution >= 4 is 17.4 Å². The molecular weight excluding hydrogens is 282 g/mol.